The monoisotopic (exact) mass is 119 g/mol. The van der Waals surface area contributed by atoms with Gasteiger partial charge in [-0.25, -0.2) is 0 Å². The zero-order valence-corrected chi connectivity index (χ0v) is 5.33. The fourth-order valence-corrected chi connectivity index (χ4v) is 0.634. The Hall–Kier alpha value is -0.985. The van der Waals surface area contributed by atoms with Crippen LogP contribution in [0.3, 0.4) is 0 Å². The first-order chi connectivity index (χ1) is 4.33. The predicted octanol–water partition coefficient (Wildman–Crippen LogP) is 0.0414. The zero-order chi connectivity index (χ0) is 6.69. The summed E-state index contributed by atoms with van der Waals surface area (Å²) in [5.41, 5.74) is 7.23. The van der Waals surface area contributed by atoms with Gasteiger partial charge in [0.15, 0.2) is 0 Å². The highest BCUT2D eigenvalue weighted by Gasteiger charge is 1.88. The van der Waals surface area contributed by atoms with Gasteiger partial charge in [0, 0.05) is 18.1 Å². The van der Waals surface area contributed by atoms with Crippen molar-refractivity contribution in [3.8, 4) is 0 Å². The van der Waals surface area contributed by atoms with Crippen LogP contribution < -0.4 is 11.2 Å². The fourth-order valence-electron chi connectivity index (χ4n) is 0.634. The first-order valence-electron chi connectivity index (χ1n) is 2.83. The van der Waals surface area contributed by atoms with Gasteiger partial charge < -0.3 is 5.73 Å². The molecular formula is C6H8BN2. The van der Waals surface area contributed by atoms with E-state index in [0.717, 1.165) is 5.46 Å². The van der Waals surface area contributed by atoms with Crippen molar-refractivity contribution in [2.24, 2.45) is 0 Å². The molecule has 0 saturated carbocycles. The maximum atomic E-state index is 5.45. The minimum atomic E-state index is 0.714. The molecule has 9 heavy (non-hydrogen) atoms. The summed E-state index contributed by atoms with van der Waals surface area (Å²) in [5.74, 6) is 0. The lowest BCUT2D eigenvalue weighted by Crippen LogP contribution is -2.11. The Balaban J connectivity index is 2.94. The van der Waals surface area contributed by atoms with E-state index in [4.69, 9.17) is 5.73 Å². The SMILES string of the molecule is C[B]c1cncc(N)c1. The van der Waals surface area contributed by atoms with E-state index in [1.807, 2.05) is 20.2 Å². The van der Waals surface area contributed by atoms with Crippen LogP contribution in [0.15, 0.2) is 18.5 Å². The Labute approximate surface area is 55.3 Å². The van der Waals surface area contributed by atoms with E-state index in [1.165, 1.54) is 0 Å². The molecule has 0 aromatic carbocycles. The van der Waals surface area contributed by atoms with E-state index < -0.39 is 0 Å². The Morgan fingerprint density at radius 1 is 1.56 bits per heavy atom. The molecule has 0 spiro atoms. The van der Waals surface area contributed by atoms with E-state index >= 15 is 0 Å². The minimum Gasteiger partial charge on any atom is -0.397 e. The standard InChI is InChI=1S/C6H8BN2/c1-7-5-2-6(8)4-9-3-5/h2-4H,8H2,1H3. The largest absolute Gasteiger partial charge is 0.397 e. The summed E-state index contributed by atoms with van der Waals surface area (Å²) in [5, 5.41) is 0. The molecule has 0 fully saturated rings. The van der Waals surface area contributed by atoms with E-state index in [2.05, 4.69) is 4.98 Å². The molecule has 0 saturated heterocycles. The number of aromatic nitrogens is 1. The van der Waals surface area contributed by atoms with Crippen LogP contribution in [0.4, 0.5) is 5.69 Å². The van der Waals surface area contributed by atoms with Gasteiger partial charge in [-0.2, -0.15) is 0 Å². The van der Waals surface area contributed by atoms with Crippen LogP contribution in [0.5, 0.6) is 0 Å². The third kappa shape index (κ3) is 1.45. The second kappa shape index (κ2) is 2.53. The highest BCUT2D eigenvalue weighted by atomic mass is 14.7. The van der Waals surface area contributed by atoms with Crippen molar-refractivity contribution in [1.82, 2.24) is 4.98 Å². The molecule has 0 aliphatic heterocycles. The lowest BCUT2D eigenvalue weighted by Gasteiger charge is -1.93. The third-order valence-corrected chi connectivity index (χ3v) is 1.11. The summed E-state index contributed by atoms with van der Waals surface area (Å²) in [6.45, 7) is 1.95. The van der Waals surface area contributed by atoms with Crippen molar-refractivity contribution in [2.45, 2.75) is 6.82 Å². The summed E-state index contributed by atoms with van der Waals surface area (Å²) in [4.78, 5) is 3.90. The smallest absolute Gasteiger partial charge is 0.150 e. The molecule has 2 N–H and O–H groups in total. The third-order valence-electron chi connectivity index (χ3n) is 1.11. The van der Waals surface area contributed by atoms with Gasteiger partial charge in [0.05, 0.1) is 0 Å². The second-order valence-electron chi connectivity index (χ2n) is 1.84. The van der Waals surface area contributed by atoms with Gasteiger partial charge >= 0.3 is 0 Å². The van der Waals surface area contributed by atoms with Gasteiger partial charge in [0.25, 0.3) is 0 Å². The maximum absolute atomic E-state index is 5.45. The molecule has 0 aliphatic carbocycles. The molecule has 1 radical (unpaired) electrons. The van der Waals surface area contributed by atoms with E-state index in [0.29, 0.717) is 5.69 Å². The van der Waals surface area contributed by atoms with Crippen LogP contribution in [-0.2, 0) is 0 Å². The van der Waals surface area contributed by atoms with Gasteiger partial charge in [-0.15, -0.1) is 0 Å². The molecule has 0 amide bonds. The van der Waals surface area contributed by atoms with E-state index in [9.17, 15) is 0 Å². The molecular weight excluding hydrogens is 111 g/mol. The highest BCUT2D eigenvalue weighted by molar-refractivity contribution is 6.51. The van der Waals surface area contributed by atoms with Crippen LogP contribution in [0, 0.1) is 0 Å². The van der Waals surface area contributed by atoms with Crippen LogP contribution in [0.25, 0.3) is 0 Å². The number of anilines is 1. The lowest BCUT2D eigenvalue weighted by atomic mass is 9.74. The Morgan fingerprint density at radius 3 is 2.78 bits per heavy atom. The Kier molecular flexibility index (Phi) is 1.73. The van der Waals surface area contributed by atoms with Gasteiger partial charge in [0.1, 0.15) is 7.28 Å². The molecule has 45 valence electrons. The van der Waals surface area contributed by atoms with Crippen molar-refractivity contribution in [3.63, 3.8) is 0 Å². The number of rotatable bonds is 1. The molecule has 0 unspecified atom stereocenters. The van der Waals surface area contributed by atoms with Crippen molar-refractivity contribution < 1.29 is 0 Å². The lowest BCUT2D eigenvalue weighted by molar-refractivity contribution is 1.35. The predicted molar refractivity (Wildman–Crippen MR) is 39.9 cm³/mol. The summed E-state index contributed by atoms with van der Waals surface area (Å²) in [6, 6.07) is 1.88. The molecule has 0 atom stereocenters. The summed E-state index contributed by atoms with van der Waals surface area (Å²) < 4.78 is 0. The van der Waals surface area contributed by atoms with Gasteiger partial charge in [-0.1, -0.05) is 12.3 Å². The Morgan fingerprint density at radius 2 is 2.33 bits per heavy atom. The van der Waals surface area contributed by atoms with Gasteiger partial charge in [-0.3, -0.25) is 4.98 Å². The van der Waals surface area contributed by atoms with Crippen molar-refractivity contribution >= 4 is 18.4 Å². The van der Waals surface area contributed by atoms with Gasteiger partial charge in [0.2, 0.25) is 0 Å². The molecule has 1 aromatic rings. The van der Waals surface area contributed by atoms with Crippen molar-refractivity contribution in [3.05, 3.63) is 18.5 Å². The average Bonchev–Trinajstić information content (AvgIpc) is 1.88. The van der Waals surface area contributed by atoms with E-state index in [1.54, 1.807) is 12.4 Å². The average molecular weight is 119 g/mol. The molecule has 2 nitrogen and oxygen atoms in total. The molecule has 3 heteroatoms. The van der Waals surface area contributed by atoms with Crippen molar-refractivity contribution in [2.75, 3.05) is 5.73 Å². The van der Waals surface area contributed by atoms with Crippen LogP contribution in [0.2, 0.25) is 6.82 Å². The summed E-state index contributed by atoms with van der Waals surface area (Å²) in [7, 11) is 1.96. The zero-order valence-electron chi connectivity index (χ0n) is 5.33. The van der Waals surface area contributed by atoms with E-state index in [-0.39, 0.29) is 0 Å². The molecule has 0 bridgehead atoms. The molecule has 1 aromatic heterocycles. The first kappa shape index (κ1) is 6.14. The van der Waals surface area contributed by atoms with Crippen LogP contribution >= 0.6 is 0 Å². The fraction of sp³-hybridized carbons (Fsp3) is 0.167. The summed E-state index contributed by atoms with van der Waals surface area (Å²) in [6.07, 6.45) is 3.41. The first-order valence-corrected chi connectivity index (χ1v) is 2.83. The highest BCUT2D eigenvalue weighted by Crippen LogP contribution is 1.91. The Bertz CT molecular complexity index is 200. The number of pyridine rings is 1. The quantitative estimate of drug-likeness (QED) is 0.530. The normalized spacial score (nSPS) is 9.00. The topological polar surface area (TPSA) is 38.9 Å². The second-order valence-corrected chi connectivity index (χ2v) is 1.84. The molecule has 1 rings (SSSR count). The number of hydrogen-bond donors (Lipinski definition) is 1. The number of nitrogens with two attached hydrogens (primary N) is 1. The molecule has 0 aliphatic rings. The minimum absolute atomic E-state index is 0.714. The van der Waals surface area contributed by atoms with Gasteiger partial charge in [-0.05, 0) is 6.07 Å². The number of hydrogen-bond acceptors (Lipinski definition) is 2. The number of nitrogen functional groups attached to an aromatic ring is 1. The number of nitrogens with zero attached hydrogens (tertiary/aromatic N) is 1. The van der Waals surface area contributed by atoms with Crippen LogP contribution in [0.1, 0.15) is 0 Å². The molecule has 1 heterocycles. The summed E-state index contributed by atoms with van der Waals surface area (Å²) >= 11 is 0. The van der Waals surface area contributed by atoms with Crippen molar-refractivity contribution in [1.29, 1.82) is 0 Å². The maximum Gasteiger partial charge on any atom is 0.150 e. The van der Waals surface area contributed by atoms with Crippen LogP contribution in [-0.4, -0.2) is 12.3 Å².